The van der Waals surface area contributed by atoms with Gasteiger partial charge >= 0.3 is 6.18 Å². The Morgan fingerprint density at radius 2 is 1.92 bits per heavy atom. The molecule has 1 aromatic rings. The summed E-state index contributed by atoms with van der Waals surface area (Å²) in [5.74, 6) is 0.509. The predicted octanol–water partition coefficient (Wildman–Crippen LogP) is 2.35. The summed E-state index contributed by atoms with van der Waals surface area (Å²) in [5.41, 5.74) is 0. The van der Waals surface area contributed by atoms with E-state index in [9.17, 15) is 18.0 Å². The maximum Gasteiger partial charge on any atom is 0.406 e. The number of alkyl halides is 3. The van der Waals surface area contributed by atoms with Crippen LogP contribution < -0.4 is 10.6 Å². The van der Waals surface area contributed by atoms with Crippen LogP contribution in [0.5, 0.6) is 0 Å². The number of thioether (sulfide) groups is 1. The van der Waals surface area contributed by atoms with Gasteiger partial charge in [-0.2, -0.15) is 13.2 Å². The Morgan fingerprint density at radius 3 is 2.52 bits per heavy atom. The van der Waals surface area contributed by atoms with E-state index >= 15 is 0 Å². The topological polar surface area (TPSA) is 56.7 Å². The van der Waals surface area contributed by atoms with Crippen LogP contribution in [-0.2, 0) is 4.79 Å². The highest BCUT2D eigenvalue weighted by Gasteiger charge is 2.30. The molecule has 9 heteroatoms. The highest BCUT2D eigenvalue weighted by molar-refractivity contribution is 7.99. The maximum absolute atomic E-state index is 12.3. The van der Waals surface area contributed by atoms with E-state index < -0.39 is 18.6 Å². The summed E-state index contributed by atoms with van der Waals surface area (Å²) >= 11 is 1.67. The van der Waals surface area contributed by atoms with E-state index in [1.165, 1.54) is 0 Å². The van der Waals surface area contributed by atoms with Gasteiger partial charge in [0.15, 0.2) is 5.96 Å². The van der Waals surface area contributed by atoms with Crippen LogP contribution in [-0.4, -0.2) is 61.9 Å². The largest absolute Gasteiger partial charge is 0.406 e. The van der Waals surface area contributed by atoms with Crippen molar-refractivity contribution in [1.82, 2.24) is 15.5 Å². The second-order valence-electron chi connectivity index (χ2n) is 5.15. The van der Waals surface area contributed by atoms with Gasteiger partial charge in [0.1, 0.15) is 13.1 Å². The molecule has 0 unspecified atom stereocenters. The molecule has 0 fully saturated rings. The fourth-order valence-corrected chi connectivity index (χ4v) is 2.61. The molecule has 0 aliphatic rings. The molecule has 0 bridgehead atoms. The normalized spacial score (nSPS) is 12.0. The summed E-state index contributed by atoms with van der Waals surface area (Å²) in [6.07, 6.45) is -4.41. The van der Waals surface area contributed by atoms with Crippen LogP contribution in [0.1, 0.15) is 6.92 Å². The minimum atomic E-state index is -4.41. The lowest BCUT2D eigenvalue weighted by atomic mass is 10.4. The van der Waals surface area contributed by atoms with Crippen LogP contribution in [0.3, 0.4) is 0 Å². The Hall–Kier alpha value is -1.90. The lowest BCUT2D eigenvalue weighted by Crippen LogP contribution is -2.41. The molecule has 1 rings (SSSR count). The molecule has 140 valence electrons. The molecule has 0 radical (unpaired) electrons. The monoisotopic (exact) mass is 376 g/mol. The number of benzene rings is 1. The van der Waals surface area contributed by atoms with E-state index in [1.807, 2.05) is 37.3 Å². The fraction of sp³-hybridized carbons (Fsp3) is 0.500. The van der Waals surface area contributed by atoms with Gasteiger partial charge in [0.25, 0.3) is 0 Å². The average Bonchev–Trinajstić information content (AvgIpc) is 2.55. The van der Waals surface area contributed by atoms with Crippen LogP contribution in [0.25, 0.3) is 0 Å². The first kappa shape index (κ1) is 21.1. The summed E-state index contributed by atoms with van der Waals surface area (Å²) < 4.78 is 36.8. The third kappa shape index (κ3) is 9.85. The molecule has 0 saturated heterocycles. The van der Waals surface area contributed by atoms with Crippen molar-refractivity contribution in [3.05, 3.63) is 30.3 Å². The minimum Gasteiger partial charge on any atom is -0.357 e. The van der Waals surface area contributed by atoms with Crippen LogP contribution >= 0.6 is 11.8 Å². The molecule has 0 atom stereocenters. The van der Waals surface area contributed by atoms with Gasteiger partial charge in [0.05, 0.1) is 0 Å². The highest BCUT2D eigenvalue weighted by Crippen LogP contribution is 2.16. The quantitative estimate of drug-likeness (QED) is 0.317. The number of hydrogen-bond donors (Lipinski definition) is 2. The number of rotatable bonds is 8. The van der Waals surface area contributed by atoms with Crippen molar-refractivity contribution in [1.29, 1.82) is 0 Å². The molecule has 0 saturated carbocycles. The number of carbonyl (C=O) groups excluding carboxylic acids is 1. The van der Waals surface area contributed by atoms with Crippen molar-refractivity contribution >= 4 is 23.6 Å². The lowest BCUT2D eigenvalue weighted by Gasteiger charge is -2.18. The van der Waals surface area contributed by atoms with E-state index in [0.29, 0.717) is 23.9 Å². The first-order valence-corrected chi connectivity index (χ1v) is 8.81. The van der Waals surface area contributed by atoms with Gasteiger partial charge in [-0.15, -0.1) is 11.8 Å². The fourth-order valence-electron chi connectivity index (χ4n) is 1.82. The molecule has 0 spiro atoms. The maximum atomic E-state index is 12.3. The zero-order valence-corrected chi connectivity index (χ0v) is 15.1. The van der Waals surface area contributed by atoms with Gasteiger partial charge in [-0.25, -0.2) is 4.99 Å². The minimum absolute atomic E-state index is 0.340. The Bertz CT molecular complexity index is 552. The number of carbonyl (C=O) groups is 1. The molecular formula is C16H23F3N4OS. The number of guanidine groups is 1. The molecule has 0 aliphatic carbocycles. The highest BCUT2D eigenvalue weighted by atomic mass is 32.2. The summed E-state index contributed by atoms with van der Waals surface area (Å²) in [4.78, 5) is 17.5. The Balaban J connectivity index is 2.41. The third-order valence-electron chi connectivity index (χ3n) is 2.97. The number of nitrogens with zero attached hydrogens (tertiary/aromatic N) is 2. The van der Waals surface area contributed by atoms with Crippen molar-refractivity contribution < 1.29 is 18.0 Å². The van der Waals surface area contributed by atoms with Crippen LogP contribution in [0.4, 0.5) is 13.2 Å². The van der Waals surface area contributed by atoms with Gasteiger partial charge < -0.3 is 15.5 Å². The number of likely N-dealkylation sites (N-methyl/N-ethyl adjacent to an activating group) is 1. The van der Waals surface area contributed by atoms with Crippen molar-refractivity contribution in [3.63, 3.8) is 0 Å². The van der Waals surface area contributed by atoms with Crippen molar-refractivity contribution in [3.8, 4) is 0 Å². The number of nitrogens with one attached hydrogen (secondary N) is 2. The van der Waals surface area contributed by atoms with Gasteiger partial charge in [0.2, 0.25) is 5.91 Å². The SMILES string of the molecule is CCNC(=NCC(=O)N(C)CC(F)(F)F)NCCSc1ccccc1. The average molecular weight is 376 g/mol. The van der Waals surface area contributed by atoms with Gasteiger partial charge in [0, 0.05) is 30.8 Å². The standard InChI is InChI=1S/C16H23F3N4OS/c1-3-20-15(21-9-10-25-13-7-5-4-6-8-13)22-11-14(24)23(2)12-16(17,18)19/h4-8H,3,9-12H2,1-2H3,(H2,20,21,22). The molecule has 5 nitrogen and oxygen atoms in total. The summed E-state index contributed by atoms with van der Waals surface area (Å²) in [6.45, 7) is 1.45. The first-order chi connectivity index (χ1) is 11.8. The Morgan fingerprint density at radius 1 is 1.24 bits per heavy atom. The third-order valence-corrected chi connectivity index (χ3v) is 3.98. The van der Waals surface area contributed by atoms with Crippen LogP contribution in [0, 0.1) is 0 Å². The smallest absolute Gasteiger partial charge is 0.357 e. The van der Waals surface area contributed by atoms with E-state index in [1.54, 1.807) is 11.8 Å². The van der Waals surface area contributed by atoms with Crippen molar-refractivity contribution in [2.45, 2.75) is 18.0 Å². The molecule has 1 amide bonds. The van der Waals surface area contributed by atoms with E-state index in [0.717, 1.165) is 17.7 Å². The second-order valence-corrected chi connectivity index (χ2v) is 6.32. The van der Waals surface area contributed by atoms with Crippen molar-refractivity contribution in [2.24, 2.45) is 4.99 Å². The predicted molar refractivity (Wildman–Crippen MR) is 94.8 cm³/mol. The molecule has 0 aliphatic heterocycles. The summed E-state index contributed by atoms with van der Waals surface area (Å²) in [7, 11) is 1.11. The zero-order valence-electron chi connectivity index (χ0n) is 14.3. The summed E-state index contributed by atoms with van der Waals surface area (Å²) in [6, 6.07) is 9.90. The molecule has 25 heavy (non-hydrogen) atoms. The number of aliphatic imine (C=N–C) groups is 1. The van der Waals surface area contributed by atoms with E-state index in [2.05, 4.69) is 15.6 Å². The molecule has 2 N–H and O–H groups in total. The molecular weight excluding hydrogens is 353 g/mol. The van der Waals surface area contributed by atoms with Crippen LogP contribution in [0.2, 0.25) is 0 Å². The first-order valence-electron chi connectivity index (χ1n) is 7.82. The number of halogens is 3. The van der Waals surface area contributed by atoms with Gasteiger partial charge in [-0.05, 0) is 19.1 Å². The molecule has 1 aromatic carbocycles. The van der Waals surface area contributed by atoms with E-state index in [-0.39, 0.29) is 6.54 Å². The Kier molecular flexibility index (Phi) is 9.18. The van der Waals surface area contributed by atoms with E-state index in [4.69, 9.17) is 0 Å². The lowest BCUT2D eigenvalue weighted by molar-refractivity contribution is -0.157. The van der Waals surface area contributed by atoms with Gasteiger partial charge in [-0.3, -0.25) is 4.79 Å². The Labute approximate surface area is 150 Å². The van der Waals surface area contributed by atoms with Gasteiger partial charge in [-0.1, -0.05) is 18.2 Å². The summed E-state index contributed by atoms with van der Waals surface area (Å²) in [5, 5.41) is 6.02. The molecule has 0 aromatic heterocycles. The zero-order chi connectivity index (χ0) is 18.7. The second kappa shape index (κ2) is 10.9. The number of hydrogen-bond acceptors (Lipinski definition) is 3. The number of amides is 1. The van der Waals surface area contributed by atoms with Crippen LogP contribution in [0.15, 0.2) is 40.2 Å². The van der Waals surface area contributed by atoms with Crippen molar-refractivity contribution in [2.75, 3.05) is 39.0 Å². The molecule has 0 heterocycles.